The van der Waals surface area contributed by atoms with Gasteiger partial charge < -0.3 is 23.9 Å². The van der Waals surface area contributed by atoms with Gasteiger partial charge in [-0.15, -0.1) is 0 Å². The molecule has 0 atom stereocenters. The third-order valence-corrected chi connectivity index (χ3v) is 6.32. The molecule has 2 N–H and O–H groups in total. The van der Waals surface area contributed by atoms with Crippen LogP contribution in [0.1, 0.15) is 21.5 Å². The molecule has 0 saturated carbocycles. The van der Waals surface area contributed by atoms with Crippen LogP contribution in [0.25, 0.3) is 0 Å². The lowest BCUT2D eigenvalue weighted by Gasteiger charge is -2.15. The van der Waals surface area contributed by atoms with Crippen molar-refractivity contribution in [1.29, 1.82) is 0 Å². The molecule has 196 valence electrons. The van der Waals surface area contributed by atoms with Crippen LogP contribution >= 0.6 is 11.9 Å². The maximum absolute atomic E-state index is 12.9. The van der Waals surface area contributed by atoms with Gasteiger partial charge in [0.25, 0.3) is 0 Å². The largest absolute Gasteiger partial charge is 0.497 e. The van der Waals surface area contributed by atoms with Gasteiger partial charge in [-0.3, -0.25) is 14.3 Å². The number of ketones is 1. The number of carbonyl (C=O) groups is 1. The van der Waals surface area contributed by atoms with E-state index >= 15 is 0 Å². The van der Waals surface area contributed by atoms with E-state index < -0.39 is 0 Å². The summed E-state index contributed by atoms with van der Waals surface area (Å²) in [6.45, 7) is 0.684. The normalized spacial score (nSPS) is 10.6. The summed E-state index contributed by atoms with van der Waals surface area (Å²) in [6.07, 6.45) is 1.56. The number of methoxy groups -OCH3 is 2. The van der Waals surface area contributed by atoms with Crippen molar-refractivity contribution in [3.05, 3.63) is 112 Å². The highest BCUT2D eigenvalue weighted by molar-refractivity contribution is 7.97. The SMILES string of the molecule is COc1ccc(COc2ccc(C(=O)CNSc3cc[nH]c(=O)c3)cc2OCc2ccc(OC)cc2)cc1. The van der Waals surface area contributed by atoms with E-state index in [1.165, 1.54) is 18.0 Å². The van der Waals surface area contributed by atoms with Crippen LogP contribution in [0, 0.1) is 0 Å². The van der Waals surface area contributed by atoms with Crippen LogP contribution in [0.2, 0.25) is 0 Å². The van der Waals surface area contributed by atoms with Gasteiger partial charge in [0.1, 0.15) is 24.7 Å². The van der Waals surface area contributed by atoms with E-state index in [4.69, 9.17) is 18.9 Å². The van der Waals surface area contributed by atoms with Gasteiger partial charge in [-0.2, -0.15) is 0 Å². The first-order valence-electron chi connectivity index (χ1n) is 11.8. The third kappa shape index (κ3) is 7.64. The van der Waals surface area contributed by atoms with Crippen molar-refractivity contribution < 1.29 is 23.7 Å². The summed E-state index contributed by atoms with van der Waals surface area (Å²) < 4.78 is 25.6. The minimum atomic E-state index is -0.202. The Kier molecular flexibility index (Phi) is 9.44. The van der Waals surface area contributed by atoms with Crippen molar-refractivity contribution in [3.8, 4) is 23.0 Å². The maximum Gasteiger partial charge on any atom is 0.249 e. The first-order chi connectivity index (χ1) is 18.5. The summed E-state index contributed by atoms with van der Waals surface area (Å²) in [7, 11) is 3.24. The van der Waals surface area contributed by atoms with Gasteiger partial charge in [0.15, 0.2) is 17.3 Å². The van der Waals surface area contributed by atoms with Crippen molar-refractivity contribution in [3.63, 3.8) is 0 Å². The molecule has 38 heavy (non-hydrogen) atoms. The molecule has 0 radical (unpaired) electrons. The molecule has 4 rings (SSSR count). The van der Waals surface area contributed by atoms with Crippen LogP contribution < -0.4 is 29.2 Å². The van der Waals surface area contributed by atoms with Crippen LogP contribution in [0.5, 0.6) is 23.0 Å². The number of H-pyrrole nitrogens is 1. The molecular formula is C29H28N2O6S. The molecule has 4 aromatic rings. The van der Waals surface area contributed by atoms with Crippen LogP contribution in [0.4, 0.5) is 0 Å². The summed E-state index contributed by atoms with van der Waals surface area (Å²) in [5, 5.41) is 0. The predicted octanol–water partition coefficient (Wildman–Crippen LogP) is 5.03. The van der Waals surface area contributed by atoms with Crippen molar-refractivity contribution >= 4 is 17.7 Å². The van der Waals surface area contributed by atoms with Gasteiger partial charge in [-0.25, -0.2) is 0 Å². The number of hydrogen-bond donors (Lipinski definition) is 2. The Morgan fingerprint density at radius 3 is 1.97 bits per heavy atom. The molecule has 8 nitrogen and oxygen atoms in total. The number of carbonyl (C=O) groups excluding carboxylic acids is 1. The molecule has 1 heterocycles. The number of hydrogen-bond acceptors (Lipinski definition) is 8. The lowest BCUT2D eigenvalue weighted by atomic mass is 10.1. The first kappa shape index (κ1) is 26.8. The zero-order chi connectivity index (χ0) is 26.7. The summed E-state index contributed by atoms with van der Waals surface area (Å²) in [4.78, 5) is 27.6. The zero-order valence-corrected chi connectivity index (χ0v) is 21.9. The highest BCUT2D eigenvalue weighted by Gasteiger charge is 2.13. The Morgan fingerprint density at radius 2 is 1.39 bits per heavy atom. The van der Waals surface area contributed by atoms with E-state index in [2.05, 4.69) is 9.71 Å². The average molecular weight is 533 g/mol. The maximum atomic E-state index is 12.9. The molecule has 0 saturated heterocycles. The highest BCUT2D eigenvalue weighted by atomic mass is 32.2. The number of rotatable bonds is 13. The Labute approximate surface area is 225 Å². The Balaban J connectivity index is 1.45. The standard InChI is InChI=1S/C29H28N2O6S/c1-34-23-8-3-20(4-9-23)18-36-27-12-7-22(26(32)17-31-38-25-13-14-30-29(33)16-25)15-28(27)37-19-21-5-10-24(35-2)11-6-21/h3-16,31H,17-19H2,1-2H3,(H,30,33). The smallest absolute Gasteiger partial charge is 0.249 e. The number of benzene rings is 3. The van der Waals surface area contributed by atoms with Gasteiger partial charge in [0.2, 0.25) is 5.56 Å². The number of aromatic amines is 1. The lowest BCUT2D eigenvalue weighted by Crippen LogP contribution is -2.17. The van der Waals surface area contributed by atoms with E-state index in [-0.39, 0.29) is 24.5 Å². The minimum Gasteiger partial charge on any atom is -0.497 e. The molecule has 9 heteroatoms. The van der Waals surface area contributed by atoms with Gasteiger partial charge in [0.05, 0.1) is 20.8 Å². The van der Waals surface area contributed by atoms with Crippen LogP contribution in [0.3, 0.4) is 0 Å². The van der Waals surface area contributed by atoms with Crippen LogP contribution in [-0.4, -0.2) is 31.5 Å². The predicted molar refractivity (Wildman–Crippen MR) is 146 cm³/mol. The fourth-order valence-corrected chi connectivity index (χ4v) is 4.13. The van der Waals surface area contributed by atoms with Gasteiger partial charge >= 0.3 is 0 Å². The minimum absolute atomic E-state index is 0.0709. The second-order valence-corrected chi connectivity index (χ2v) is 9.13. The van der Waals surface area contributed by atoms with E-state index in [0.29, 0.717) is 28.6 Å². The molecule has 0 fully saturated rings. The van der Waals surface area contributed by atoms with Gasteiger partial charge in [-0.05, 0) is 71.6 Å². The Bertz CT molecular complexity index is 1400. The van der Waals surface area contributed by atoms with E-state index in [1.54, 1.807) is 44.7 Å². The Hall–Kier alpha value is -4.21. The van der Waals surface area contributed by atoms with Crippen LogP contribution in [0.15, 0.2) is 94.7 Å². The van der Waals surface area contributed by atoms with E-state index in [0.717, 1.165) is 22.6 Å². The second-order valence-electron chi connectivity index (χ2n) is 8.17. The van der Waals surface area contributed by atoms with Crippen molar-refractivity contribution in [1.82, 2.24) is 9.71 Å². The number of nitrogens with one attached hydrogen (secondary N) is 2. The second kappa shape index (κ2) is 13.4. The molecule has 3 aromatic carbocycles. The van der Waals surface area contributed by atoms with Gasteiger partial charge in [0, 0.05) is 22.7 Å². The Morgan fingerprint density at radius 1 is 0.789 bits per heavy atom. The third-order valence-electron chi connectivity index (χ3n) is 5.54. The molecule has 0 aliphatic heterocycles. The summed E-state index contributed by atoms with van der Waals surface area (Å²) in [6, 6.07) is 23.5. The molecule has 0 unspecified atom stereocenters. The summed E-state index contributed by atoms with van der Waals surface area (Å²) in [5.41, 5.74) is 2.19. The molecule has 0 bridgehead atoms. The highest BCUT2D eigenvalue weighted by Crippen LogP contribution is 2.31. The molecule has 0 amide bonds. The molecular weight excluding hydrogens is 504 g/mol. The summed E-state index contributed by atoms with van der Waals surface area (Å²) in [5.74, 6) is 2.39. The first-order valence-corrected chi connectivity index (χ1v) is 12.6. The fraction of sp³-hybridized carbons (Fsp3) is 0.172. The topological polar surface area (TPSA) is 98.9 Å². The molecule has 1 aromatic heterocycles. The number of ether oxygens (including phenoxy) is 4. The van der Waals surface area contributed by atoms with E-state index in [9.17, 15) is 9.59 Å². The monoisotopic (exact) mass is 532 g/mol. The van der Waals surface area contributed by atoms with Crippen LogP contribution in [-0.2, 0) is 13.2 Å². The van der Waals surface area contributed by atoms with E-state index in [1.807, 2.05) is 48.5 Å². The van der Waals surface area contributed by atoms with Gasteiger partial charge in [-0.1, -0.05) is 24.3 Å². The molecule has 0 aliphatic rings. The van der Waals surface area contributed by atoms with Crippen molar-refractivity contribution in [2.45, 2.75) is 18.1 Å². The molecule has 0 aliphatic carbocycles. The summed E-state index contributed by atoms with van der Waals surface area (Å²) >= 11 is 1.22. The molecule has 0 spiro atoms. The number of pyridine rings is 1. The zero-order valence-electron chi connectivity index (χ0n) is 21.1. The lowest BCUT2D eigenvalue weighted by molar-refractivity contribution is 0.0997. The van der Waals surface area contributed by atoms with Crippen molar-refractivity contribution in [2.24, 2.45) is 0 Å². The average Bonchev–Trinajstić information content (AvgIpc) is 2.95. The fourth-order valence-electron chi connectivity index (χ4n) is 3.45. The quantitative estimate of drug-likeness (QED) is 0.183. The van der Waals surface area contributed by atoms with Crippen molar-refractivity contribution in [2.75, 3.05) is 20.8 Å². The number of aromatic nitrogens is 1. The number of Topliss-reactive ketones (excluding diaryl/α,β-unsaturated/α-hetero) is 1.